The molecule has 3 nitrogen and oxygen atoms in total. The molecule has 0 aromatic heterocycles. The van der Waals surface area contributed by atoms with Crippen LogP contribution in [0.3, 0.4) is 0 Å². The zero-order valence-electron chi connectivity index (χ0n) is 10.9. The highest BCUT2D eigenvalue weighted by molar-refractivity contribution is 5.23. The predicted molar refractivity (Wildman–Crippen MR) is 70.7 cm³/mol. The molecule has 1 aliphatic rings. The van der Waals surface area contributed by atoms with E-state index >= 15 is 0 Å². The molecule has 1 aliphatic carbocycles. The van der Waals surface area contributed by atoms with Crippen molar-refractivity contribution in [1.29, 1.82) is 5.26 Å². The number of nitrogens with zero attached hydrogens (tertiary/aromatic N) is 1. The quantitative estimate of drug-likeness (QED) is 0.866. The molecule has 1 fully saturated rings. The van der Waals surface area contributed by atoms with Crippen molar-refractivity contribution in [3.05, 3.63) is 35.4 Å². The Balaban J connectivity index is 1.90. The van der Waals surface area contributed by atoms with E-state index in [9.17, 15) is 0 Å². The molecule has 0 aliphatic heterocycles. The van der Waals surface area contributed by atoms with E-state index in [-0.39, 0.29) is 5.92 Å². The fraction of sp³-hybridized carbons (Fsp3) is 0.533. The second kappa shape index (κ2) is 6.53. The molecule has 2 atom stereocenters. The molecule has 3 heteroatoms. The molecule has 0 radical (unpaired) electrons. The van der Waals surface area contributed by atoms with Gasteiger partial charge in [0.15, 0.2) is 0 Å². The van der Waals surface area contributed by atoms with Gasteiger partial charge in [-0.3, -0.25) is 0 Å². The van der Waals surface area contributed by atoms with Gasteiger partial charge in [0.05, 0.1) is 18.6 Å². The second-order valence-corrected chi connectivity index (χ2v) is 4.91. The average molecular weight is 244 g/mol. The number of nitriles is 1. The molecule has 1 saturated carbocycles. The number of rotatable bonds is 5. The standard InChI is InChI=1S/C15H20N2O/c1-18-11-13-5-2-4-12(8-13)10-17-15-7-3-6-14(15)9-16/h2,4-5,8,14-15,17H,3,6-7,10-11H2,1H3. The largest absolute Gasteiger partial charge is 0.380 e. The number of methoxy groups -OCH3 is 1. The van der Waals surface area contributed by atoms with Gasteiger partial charge in [0.2, 0.25) is 0 Å². The first-order valence-electron chi connectivity index (χ1n) is 6.53. The van der Waals surface area contributed by atoms with Gasteiger partial charge >= 0.3 is 0 Å². The van der Waals surface area contributed by atoms with Crippen molar-refractivity contribution in [3.63, 3.8) is 0 Å². The third-order valence-corrected chi connectivity index (χ3v) is 3.55. The first kappa shape index (κ1) is 13.1. The highest BCUT2D eigenvalue weighted by Crippen LogP contribution is 2.25. The Morgan fingerprint density at radius 1 is 1.39 bits per heavy atom. The Labute approximate surface area is 109 Å². The van der Waals surface area contributed by atoms with E-state index in [4.69, 9.17) is 10.00 Å². The number of hydrogen-bond acceptors (Lipinski definition) is 3. The maximum Gasteiger partial charge on any atom is 0.0713 e. The van der Waals surface area contributed by atoms with E-state index in [2.05, 4.69) is 35.7 Å². The molecule has 2 unspecified atom stereocenters. The summed E-state index contributed by atoms with van der Waals surface area (Å²) in [4.78, 5) is 0. The summed E-state index contributed by atoms with van der Waals surface area (Å²) in [5, 5.41) is 12.5. The van der Waals surface area contributed by atoms with E-state index in [1.54, 1.807) is 7.11 Å². The van der Waals surface area contributed by atoms with Crippen LogP contribution in [0, 0.1) is 17.2 Å². The van der Waals surface area contributed by atoms with Gasteiger partial charge in [0, 0.05) is 19.7 Å². The van der Waals surface area contributed by atoms with Gasteiger partial charge in [-0.1, -0.05) is 30.7 Å². The van der Waals surface area contributed by atoms with Crippen LogP contribution in [0.1, 0.15) is 30.4 Å². The first-order chi connectivity index (χ1) is 8.83. The Bertz CT molecular complexity index is 425. The summed E-state index contributed by atoms with van der Waals surface area (Å²) < 4.78 is 5.13. The minimum absolute atomic E-state index is 0.187. The maximum atomic E-state index is 9.04. The lowest BCUT2D eigenvalue weighted by atomic mass is 10.1. The molecule has 1 aromatic carbocycles. The molecular formula is C15H20N2O. The SMILES string of the molecule is COCc1cccc(CNC2CCCC2C#N)c1. The van der Waals surface area contributed by atoms with E-state index in [1.165, 1.54) is 17.5 Å². The van der Waals surface area contributed by atoms with Crippen molar-refractivity contribution >= 4 is 0 Å². The van der Waals surface area contributed by atoms with Crippen molar-refractivity contribution in [1.82, 2.24) is 5.32 Å². The summed E-state index contributed by atoms with van der Waals surface area (Å²) in [7, 11) is 1.71. The number of nitrogens with one attached hydrogen (secondary N) is 1. The van der Waals surface area contributed by atoms with Crippen molar-refractivity contribution in [2.24, 2.45) is 5.92 Å². The number of ether oxygens (including phenoxy) is 1. The monoisotopic (exact) mass is 244 g/mol. The highest BCUT2D eigenvalue weighted by atomic mass is 16.5. The highest BCUT2D eigenvalue weighted by Gasteiger charge is 2.26. The zero-order valence-corrected chi connectivity index (χ0v) is 10.9. The van der Waals surface area contributed by atoms with Gasteiger partial charge in [0.25, 0.3) is 0 Å². The van der Waals surface area contributed by atoms with Crippen molar-refractivity contribution < 1.29 is 4.74 Å². The normalized spacial score (nSPS) is 22.9. The molecule has 18 heavy (non-hydrogen) atoms. The van der Waals surface area contributed by atoms with Crippen LogP contribution in [0.4, 0.5) is 0 Å². The van der Waals surface area contributed by atoms with Crippen LogP contribution in [0.15, 0.2) is 24.3 Å². The minimum Gasteiger partial charge on any atom is -0.380 e. The molecular weight excluding hydrogens is 224 g/mol. The third kappa shape index (κ3) is 3.32. The molecule has 1 N–H and O–H groups in total. The van der Waals surface area contributed by atoms with E-state index in [1.807, 2.05) is 0 Å². The van der Waals surface area contributed by atoms with Crippen LogP contribution >= 0.6 is 0 Å². The Morgan fingerprint density at radius 2 is 2.22 bits per heavy atom. The molecule has 0 spiro atoms. The van der Waals surface area contributed by atoms with Crippen LogP contribution in [-0.2, 0) is 17.9 Å². The van der Waals surface area contributed by atoms with Crippen LogP contribution in [-0.4, -0.2) is 13.2 Å². The van der Waals surface area contributed by atoms with Crippen LogP contribution in [0.2, 0.25) is 0 Å². The molecule has 0 saturated heterocycles. The van der Waals surface area contributed by atoms with Crippen molar-refractivity contribution in [3.8, 4) is 6.07 Å². The van der Waals surface area contributed by atoms with Crippen LogP contribution in [0.5, 0.6) is 0 Å². The van der Waals surface area contributed by atoms with Gasteiger partial charge in [0.1, 0.15) is 0 Å². The maximum absolute atomic E-state index is 9.04. The van der Waals surface area contributed by atoms with Gasteiger partial charge in [-0.2, -0.15) is 5.26 Å². The average Bonchev–Trinajstić information content (AvgIpc) is 2.84. The minimum atomic E-state index is 0.187. The summed E-state index contributed by atoms with van der Waals surface area (Å²) in [5.74, 6) is 0.187. The lowest BCUT2D eigenvalue weighted by molar-refractivity contribution is 0.185. The second-order valence-electron chi connectivity index (χ2n) is 4.91. The summed E-state index contributed by atoms with van der Waals surface area (Å²) in [6.07, 6.45) is 3.33. The molecule has 0 amide bonds. The van der Waals surface area contributed by atoms with Crippen molar-refractivity contribution in [2.75, 3.05) is 7.11 Å². The smallest absolute Gasteiger partial charge is 0.0713 e. The summed E-state index contributed by atoms with van der Waals surface area (Å²) in [6, 6.07) is 11.2. The molecule has 2 rings (SSSR count). The van der Waals surface area contributed by atoms with Gasteiger partial charge in [-0.15, -0.1) is 0 Å². The third-order valence-electron chi connectivity index (χ3n) is 3.55. The fourth-order valence-electron chi connectivity index (χ4n) is 2.60. The lowest BCUT2D eigenvalue weighted by Gasteiger charge is -2.15. The Kier molecular flexibility index (Phi) is 4.74. The molecule has 0 bridgehead atoms. The summed E-state index contributed by atoms with van der Waals surface area (Å²) in [6.45, 7) is 1.48. The lowest BCUT2D eigenvalue weighted by Crippen LogP contribution is -2.31. The van der Waals surface area contributed by atoms with E-state index in [0.29, 0.717) is 12.6 Å². The van der Waals surface area contributed by atoms with Gasteiger partial charge in [-0.05, 0) is 24.0 Å². The van der Waals surface area contributed by atoms with Gasteiger partial charge in [-0.25, -0.2) is 0 Å². The Morgan fingerprint density at radius 3 is 3.00 bits per heavy atom. The number of benzene rings is 1. The molecule has 0 heterocycles. The first-order valence-corrected chi connectivity index (χ1v) is 6.53. The number of hydrogen-bond donors (Lipinski definition) is 1. The Hall–Kier alpha value is -1.37. The van der Waals surface area contributed by atoms with Crippen LogP contribution < -0.4 is 5.32 Å². The van der Waals surface area contributed by atoms with E-state index in [0.717, 1.165) is 19.4 Å². The van der Waals surface area contributed by atoms with Crippen molar-refractivity contribution in [2.45, 2.75) is 38.5 Å². The summed E-state index contributed by atoms with van der Waals surface area (Å²) in [5.41, 5.74) is 2.45. The molecule has 96 valence electrons. The topological polar surface area (TPSA) is 45.0 Å². The molecule has 1 aromatic rings. The van der Waals surface area contributed by atoms with Crippen LogP contribution in [0.25, 0.3) is 0 Å². The summed E-state index contributed by atoms with van der Waals surface area (Å²) >= 11 is 0. The van der Waals surface area contributed by atoms with E-state index < -0.39 is 0 Å². The predicted octanol–water partition coefficient (Wildman–Crippen LogP) is 2.61. The zero-order chi connectivity index (χ0) is 12.8. The fourth-order valence-corrected chi connectivity index (χ4v) is 2.60. The van der Waals surface area contributed by atoms with Gasteiger partial charge < -0.3 is 10.1 Å².